The van der Waals surface area contributed by atoms with Gasteiger partial charge in [0.15, 0.2) is 5.96 Å². The highest BCUT2D eigenvalue weighted by Gasteiger charge is 2.07. The molecule has 0 saturated heterocycles. The van der Waals surface area contributed by atoms with Crippen molar-refractivity contribution in [2.75, 3.05) is 19.6 Å². The number of rotatable bonds is 11. The van der Waals surface area contributed by atoms with Gasteiger partial charge in [0.25, 0.3) is 0 Å². The fourth-order valence-corrected chi connectivity index (χ4v) is 3.23. The zero-order valence-electron chi connectivity index (χ0n) is 17.6. The summed E-state index contributed by atoms with van der Waals surface area (Å²) in [6.07, 6.45) is 2.59. The van der Waals surface area contributed by atoms with Gasteiger partial charge < -0.3 is 15.2 Å². The number of guanidine groups is 1. The Labute approximate surface area is 179 Å². The lowest BCUT2D eigenvalue weighted by Gasteiger charge is -2.23. The van der Waals surface area contributed by atoms with E-state index in [0.29, 0.717) is 6.54 Å². The normalized spacial score (nSPS) is 11.6. The average Bonchev–Trinajstić information content (AvgIpc) is 3.30. The van der Waals surface area contributed by atoms with Crippen molar-refractivity contribution in [2.24, 2.45) is 4.99 Å². The Kier molecular flexibility index (Phi) is 8.95. The lowest BCUT2D eigenvalue weighted by atomic mass is 10.1. The second-order valence-corrected chi connectivity index (χ2v) is 7.15. The molecular weight excluding hydrogens is 374 g/mol. The second kappa shape index (κ2) is 12.4. The molecule has 3 rings (SSSR count). The minimum atomic E-state index is 0.500. The maximum atomic E-state index is 4.86. The van der Waals surface area contributed by atoms with Gasteiger partial charge in [-0.05, 0) is 24.5 Å². The van der Waals surface area contributed by atoms with Gasteiger partial charge in [0.05, 0.1) is 6.54 Å². The molecule has 6 heteroatoms. The van der Waals surface area contributed by atoms with Gasteiger partial charge in [0, 0.05) is 38.8 Å². The first-order valence-corrected chi connectivity index (χ1v) is 10.5. The van der Waals surface area contributed by atoms with Gasteiger partial charge in [-0.1, -0.05) is 65.8 Å². The molecule has 0 spiro atoms. The van der Waals surface area contributed by atoms with Crippen LogP contribution < -0.4 is 10.6 Å². The quantitative estimate of drug-likeness (QED) is 0.288. The smallest absolute Gasteiger partial charge is 0.191 e. The fourth-order valence-electron chi connectivity index (χ4n) is 3.23. The Balaban J connectivity index is 1.51. The third-order valence-electron chi connectivity index (χ3n) is 4.68. The van der Waals surface area contributed by atoms with Crippen LogP contribution in [0.5, 0.6) is 0 Å². The van der Waals surface area contributed by atoms with Crippen molar-refractivity contribution in [2.45, 2.75) is 33.0 Å². The van der Waals surface area contributed by atoms with E-state index >= 15 is 0 Å². The Morgan fingerprint density at radius 3 is 2.17 bits per heavy atom. The Bertz CT molecular complexity index is 808. The Morgan fingerprint density at radius 1 is 0.933 bits per heavy atom. The van der Waals surface area contributed by atoms with Gasteiger partial charge >= 0.3 is 0 Å². The monoisotopic (exact) mass is 405 g/mol. The first kappa shape index (κ1) is 21.6. The first-order valence-electron chi connectivity index (χ1n) is 10.5. The van der Waals surface area contributed by atoms with Crippen LogP contribution in [-0.2, 0) is 19.6 Å². The molecule has 0 fully saturated rings. The summed E-state index contributed by atoms with van der Waals surface area (Å²) in [4.78, 5) is 7.06. The molecule has 0 amide bonds. The van der Waals surface area contributed by atoms with Crippen LogP contribution in [0.2, 0.25) is 0 Å². The highest BCUT2D eigenvalue weighted by molar-refractivity contribution is 5.79. The van der Waals surface area contributed by atoms with E-state index in [9.17, 15) is 0 Å². The molecule has 0 bridgehead atoms. The molecule has 0 aliphatic heterocycles. The van der Waals surface area contributed by atoms with Gasteiger partial charge in [0.2, 0.25) is 0 Å². The fraction of sp³-hybridized carbons (Fsp3) is 0.333. The molecule has 0 unspecified atom stereocenters. The van der Waals surface area contributed by atoms with Gasteiger partial charge in [-0.15, -0.1) is 0 Å². The Hall–Kier alpha value is -3.12. The summed E-state index contributed by atoms with van der Waals surface area (Å²) in [5, 5.41) is 10.6. The highest BCUT2D eigenvalue weighted by Crippen LogP contribution is 2.10. The zero-order chi connectivity index (χ0) is 20.9. The number of aliphatic imine (C=N–C) groups is 1. The van der Waals surface area contributed by atoms with Gasteiger partial charge in [-0.3, -0.25) is 4.90 Å². The van der Waals surface area contributed by atoms with Crippen molar-refractivity contribution in [3.8, 4) is 0 Å². The lowest BCUT2D eigenvalue weighted by molar-refractivity contribution is 0.254. The maximum Gasteiger partial charge on any atom is 0.191 e. The first-order chi connectivity index (χ1) is 14.8. The minimum absolute atomic E-state index is 0.500. The molecular formula is C24H31N5O. The Morgan fingerprint density at radius 2 is 1.60 bits per heavy atom. The highest BCUT2D eigenvalue weighted by atomic mass is 16.5. The second-order valence-electron chi connectivity index (χ2n) is 7.15. The van der Waals surface area contributed by atoms with E-state index in [1.165, 1.54) is 11.1 Å². The number of aromatic nitrogens is 1. The third-order valence-corrected chi connectivity index (χ3v) is 4.68. The standard InChI is InChI=1S/C24H31N5O/c1-2-25-24(27-18-23-14-17-30-28-23)26-15-9-16-29(19-21-10-5-3-6-11-21)20-22-12-7-4-8-13-22/h3-8,10-14,17H,2,9,15-16,18-20H2,1H3,(H2,25,26,27). The molecule has 0 aliphatic carbocycles. The molecule has 1 heterocycles. The van der Waals surface area contributed by atoms with E-state index in [2.05, 4.69) is 93.3 Å². The van der Waals surface area contributed by atoms with Crippen LogP contribution >= 0.6 is 0 Å². The lowest BCUT2D eigenvalue weighted by Crippen LogP contribution is -2.38. The maximum absolute atomic E-state index is 4.86. The SMILES string of the molecule is CCNC(=NCc1ccon1)NCCCN(Cc1ccccc1)Cc1ccccc1. The van der Waals surface area contributed by atoms with Crippen LogP contribution in [-0.4, -0.2) is 35.7 Å². The van der Waals surface area contributed by atoms with Gasteiger partial charge in [0.1, 0.15) is 12.0 Å². The molecule has 1 aromatic heterocycles. The van der Waals surface area contributed by atoms with Crippen LogP contribution in [0.25, 0.3) is 0 Å². The number of nitrogens with zero attached hydrogens (tertiary/aromatic N) is 3. The number of hydrogen-bond acceptors (Lipinski definition) is 4. The number of nitrogens with one attached hydrogen (secondary N) is 2. The van der Waals surface area contributed by atoms with Crippen molar-refractivity contribution < 1.29 is 4.52 Å². The summed E-state index contributed by atoms with van der Waals surface area (Å²) < 4.78 is 4.86. The van der Waals surface area contributed by atoms with E-state index in [4.69, 9.17) is 4.52 Å². The summed E-state index contributed by atoms with van der Waals surface area (Å²) in [6, 6.07) is 23.1. The van der Waals surface area contributed by atoms with E-state index in [1.54, 1.807) is 6.26 Å². The molecule has 3 aromatic rings. The van der Waals surface area contributed by atoms with Gasteiger partial charge in [-0.25, -0.2) is 4.99 Å². The van der Waals surface area contributed by atoms with Crippen LogP contribution in [0.15, 0.2) is 82.5 Å². The topological polar surface area (TPSA) is 65.7 Å². The number of hydrogen-bond donors (Lipinski definition) is 2. The molecule has 2 aromatic carbocycles. The minimum Gasteiger partial charge on any atom is -0.364 e. The predicted molar refractivity (Wildman–Crippen MR) is 121 cm³/mol. The van der Waals surface area contributed by atoms with Crippen LogP contribution in [0.3, 0.4) is 0 Å². The largest absolute Gasteiger partial charge is 0.364 e. The molecule has 6 nitrogen and oxygen atoms in total. The van der Waals surface area contributed by atoms with E-state index in [-0.39, 0.29) is 0 Å². The molecule has 158 valence electrons. The molecule has 30 heavy (non-hydrogen) atoms. The van der Waals surface area contributed by atoms with Crippen molar-refractivity contribution in [3.63, 3.8) is 0 Å². The van der Waals surface area contributed by atoms with Crippen molar-refractivity contribution in [1.82, 2.24) is 20.7 Å². The van der Waals surface area contributed by atoms with Crippen LogP contribution in [0.4, 0.5) is 0 Å². The third kappa shape index (κ3) is 7.72. The summed E-state index contributed by atoms with van der Waals surface area (Å²) in [6.45, 7) is 7.11. The van der Waals surface area contributed by atoms with Crippen molar-refractivity contribution >= 4 is 5.96 Å². The molecule has 0 saturated carbocycles. The molecule has 0 radical (unpaired) electrons. The van der Waals surface area contributed by atoms with Gasteiger partial charge in [-0.2, -0.15) is 0 Å². The van der Waals surface area contributed by atoms with Crippen molar-refractivity contribution in [3.05, 3.63) is 89.8 Å². The summed E-state index contributed by atoms with van der Waals surface area (Å²) in [5.74, 6) is 0.804. The molecule has 2 N–H and O–H groups in total. The summed E-state index contributed by atoms with van der Waals surface area (Å²) in [5.41, 5.74) is 3.50. The van der Waals surface area contributed by atoms with Crippen LogP contribution in [0.1, 0.15) is 30.2 Å². The summed E-state index contributed by atoms with van der Waals surface area (Å²) in [7, 11) is 0. The molecule has 0 aliphatic rings. The van der Waals surface area contributed by atoms with E-state index < -0.39 is 0 Å². The zero-order valence-corrected chi connectivity index (χ0v) is 17.6. The van der Waals surface area contributed by atoms with E-state index in [1.807, 2.05) is 6.07 Å². The van der Waals surface area contributed by atoms with Crippen LogP contribution in [0, 0.1) is 0 Å². The molecule has 0 atom stereocenters. The summed E-state index contributed by atoms with van der Waals surface area (Å²) >= 11 is 0. The van der Waals surface area contributed by atoms with Crippen molar-refractivity contribution in [1.29, 1.82) is 0 Å². The average molecular weight is 406 g/mol. The predicted octanol–water partition coefficient (Wildman–Crippen LogP) is 3.82. The van der Waals surface area contributed by atoms with E-state index in [0.717, 1.165) is 50.8 Å². The number of benzene rings is 2.